The van der Waals surface area contributed by atoms with E-state index in [9.17, 15) is 25.0 Å². The fraction of sp³-hybridized carbons (Fsp3) is 0. The lowest BCUT2D eigenvalue weighted by Gasteiger charge is -2.05. The first-order valence-electron chi connectivity index (χ1n) is 8.49. The standard InChI is InChI=1S/C21H13N3O6/c22-12-14(20(25)23-15-5-3-4-13(10-15)21(26)27)11-16-8-9-19(30-16)17-6-1-2-7-18(17)24(28)29/h1-11H,(H,23,25)(H,26,27)/b14-11+. The Morgan fingerprint density at radius 1 is 1.13 bits per heavy atom. The molecule has 0 spiro atoms. The Morgan fingerprint density at radius 2 is 1.90 bits per heavy atom. The third-order valence-corrected chi connectivity index (χ3v) is 4.01. The van der Waals surface area contributed by atoms with E-state index in [0.29, 0.717) is 0 Å². The van der Waals surface area contributed by atoms with Gasteiger partial charge < -0.3 is 14.8 Å². The van der Waals surface area contributed by atoms with Crippen LogP contribution in [-0.4, -0.2) is 21.9 Å². The Morgan fingerprint density at radius 3 is 2.60 bits per heavy atom. The maximum atomic E-state index is 12.4. The van der Waals surface area contributed by atoms with Gasteiger partial charge in [0.1, 0.15) is 23.2 Å². The molecule has 1 amide bonds. The Labute approximate surface area is 169 Å². The van der Waals surface area contributed by atoms with Crippen LogP contribution < -0.4 is 5.32 Å². The molecule has 0 fully saturated rings. The highest BCUT2D eigenvalue weighted by atomic mass is 16.6. The van der Waals surface area contributed by atoms with Crippen molar-refractivity contribution in [2.45, 2.75) is 0 Å². The second-order valence-corrected chi connectivity index (χ2v) is 5.99. The fourth-order valence-electron chi connectivity index (χ4n) is 2.64. The molecule has 9 nitrogen and oxygen atoms in total. The summed E-state index contributed by atoms with van der Waals surface area (Å²) < 4.78 is 5.55. The number of carboxylic acids is 1. The number of hydrogen-bond acceptors (Lipinski definition) is 6. The molecule has 0 saturated carbocycles. The molecule has 0 unspecified atom stereocenters. The van der Waals surface area contributed by atoms with Gasteiger partial charge in [-0.25, -0.2) is 4.79 Å². The molecular formula is C21H13N3O6. The molecule has 0 aliphatic rings. The molecule has 3 aromatic rings. The number of aromatic carboxylic acids is 1. The smallest absolute Gasteiger partial charge is 0.335 e. The summed E-state index contributed by atoms with van der Waals surface area (Å²) in [7, 11) is 0. The zero-order chi connectivity index (χ0) is 21.7. The van der Waals surface area contributed by atoms with Crippen LogP contribution >= 0.6 is 0 Å². The molecule has 9 heteroatoms. The summed E-state index contributed by atoms with van der Waals surface area (Å²) in [6.07, 6.45) is 1.19. The summed E-state index contributed by atoms with van der Waals surface area (Å²) in [6, 6.07) is 16.3. The van der Waals surface area contributed by atoms with Crippen molar-refractivity contribution in [2.75, 3.05) is 5.32 Å². The third-order valence-electron chi connectivity index (χ3n) is 4.01. The normalized spacial score (nSPS) is 10.8. The Balaban J connectivity index is 1.85. The van der Waals surface area contributed by atoms with E-state index in [-0.39, 0.29) is 39.6 Å². The zero-order valence-electron chi connectivity index (χ0n) is 15.2. The second-order valence-electron chi connectivity index (χ2n) is 5.99. The minimum atomic E-state index is -1.15. The number of carboxylic acid groups (broad SMARTS) is 1. The van der Waals surface area contributed by atoms with E-state index in [4.69, 9.17) is 9.52 Å². The number of nitro benzene ring substituents is 1. The monoisotopic (exact) mass is 403 g/mol. The van der Waals surface area contributed by atoms with Gasteiger partial charge in [0.05, 0.1) is 16.1 Å². The van der Waals surface area contributed by atoms with Crippen LogP contribution in [0.4, 0.5) is 11.4 Å². The summed E-state index contributed by atoms with van der Waals surface area (Å²) in [5.74, 6) is -1.56. The highest BCUT2D eigenvalue weighted by molar-refractivity contribution is 6.09. The van der Waals surface area contributed by atoms with E-state index >= 15 is 0 Å². The third kappa shape index (κ3) is 4.40. The number of anilines is 1. The topological polar surface area (TPSA) is 146 Å². The number of furan rings is 1. The minimum Gasteiger partial charge on any atom is -0.478 e. The van der Waals surface area contributed by atoms with Crippen LogP contribution in [0.2, 0.25) is 0 Å². The molecular weight excluding hydrogens is 390 g/mol. The van der Waals surface area contributed by atoms with Crippen LogP contribution in [0.1, 0.15) is 16.1 Å². The first-order chi connectivity index (χ1) is 14.4. The lowest BCUT2D eigenvalue weighted by atomic mass is 10.1. The molecule has 2 aromatic carbocycles. The molecule has 2 N–H and O–H groups in total. The quantitative estimate of drug-likeness (QED) is 0.272. The number of nitrogens with zero attached hydrogens (tertiary/aromatic N) is 2. The Kier molecular flexibility index (Phi) is 5.70. The highest BCUT2D eigenvalue weighted by Crippen LogP contribution is 2.31. The lowest BCUT2D eigenvalue weighted by Crippen LogP contribution is -2.13. The molecule has 0 aliphatic heterocycles. The summed E-state index contributed by atoms with van der Waals surface area (Å²) in [5.41, 5.74) is 0.0187. The van der Waals surface area contributed by atoms with Crippen molar-refractivity contribution in [2.24, 2.45) is 0 Å². The van der Waals surface area contributed by atoms with Crippen molar-refractivity contribution in [1.29, 1.82) is 5.26 Å². The number of benzene rings is 2. The average Bonchev–Trinajstić information content (AvgIpc) is 3.20. The summed E-state index contributed by atoms with van der Waals surface area (Å²) in [6.45, 7) is 0. The average molecular weight is 403 g/mol. The van der Waals surface area contributed by atoms with Crippen molar-refractivity contribution in [3.05, 3.63) is 87.7 Å². The van der Waals surface area contributed by atoms with Crippen LogP contribution in [-0.2, 0) is 4.79 Å². The number of hydrogen-bond donors (Lipinski definition) is 2. The molecule has 0 aliphatic carbocycles. The lowest BCUT2D eigenvalue weighted by molar-refractivity contribution is -0.384. The minimum absolute atomic E-state index is 0.0181. The van der Waals surface area contributed by atoms with Gasteiger partial charge in [-0.1, -0.05) is 18.2 Å². The molecule has 0 bridgehead atoms. The van der Waals surface area contributed by atoms with Gasteiger partial charge in [-0.3, -0.25) is 14.9 Å². The van der Waals surface area contributed by atoms with Gasteiger partial charge in [0.25, 0.3) is 11.6 Å². The molecule has 0 saturated heterocycles. The maximum Gasteiger partial charge on any atom is 0.335 e. The van der Waals surface area contributed by atoms with E-state index < -0.39 is 16.8 Å². The number of nitro groups is 1. The van der Waals surface area contributed by atoms with Crippen LogP contribution in [0.15, 0.2) is 70.7 Å². The number of nitrogens with one attached hydrogen (secondary N) is 1. The first kappa shape index (κ1) is 20.0. The SMILES string of the molecule is N#C/C(=C\c1ccc(-c2ccccc2[N+](=O)[O-])o1)C(=O)Nc1cccc(C(=O)O)c1. The molecule has 1 aromatic heterocycles. The van der Waals surface area contributed by atoms with E-state index in [1.807, 2.05) is 0 Å². The van der Waals surface area contributed by atoms with E-state index in [0.717, 1.165) is 0 Å². The zero-order valence-corrected chi connectivity index (χ0v) is 15.2. The number of para-hydroxylation sites is 1. The summed E-state index contributed by atoms with van der Waals surface area (Å²) >= 11 is 0. The van der Waals surface area contributed by atoms with Gasteiger partial charge in [0.15, 0.2) is 0 Å². The Hall–Kier alpha value is -4.71. The van der Waals surface area contributed by atoms with E-state index in [1.165, 1.54) is 60.7 Å². The molecule has 0 radical (unpaired) electrons. The van der Waals surface area contributed by atoms with Crippen LogP contribution in [0.25, 0.3) is 17.4 Å². The van der Waals surface area contributed by atoms with Crippen molar-refractivity contribution in [3.8, 4) is 17.4 Å². The van der Waals surface area contributed by atoms with Gasteiger partial charge in [-0.05, 0) is 36.4 Å². The van der Waals surface area contributed by atoms with Crippen molar-refractivity contribution < 1.29 is 24.0 Å². The van der Waals surface area contributed by atoms with Gasteiger partial charge in [0.2, 0.25) is 0 Å². The second kappa shape index (κ2) is 8.53. The van der Waals surface area contributed by atoms with Gasteiger partial charge in [0, 0.05) is 17.8 Å². The van der Waals surface area contributed by atoms with Crippen LogP contribution in [0.5, 0.6) is 0 Å². The predicted molar refractivity (Wildman–Crippen MR) is 106 cm³/mol. The summed E-state index contributed by atoms with van der Waals surface area (Å²) in [4.78, 5) is 34.0. The van der Waals surface area contributed by atoms with E-state index in [2.05, 4.69) is 5.32 Å². The highest BCUT2D eigenvalue weighted by Gasteiger charge is 2.18. The van der Waals surface area contributed by atoms with Crippen molar-refractivity contribution in [1.82, 2.24) is 0 Å². The van der Waals surface area contributed by atoms with Crippen LogP contribution in [0.3, 0.4) is 0 Å². The Bertz CT molecular complexity index is 1220. The van der Waals surface area contributed by atoms with Gasteiger partial charge in [-0.2, -0.15) is 5.26 Å². The largest absolute Gasteiger partial charge is 0.478 e. The fourth-order valence-corrected chi connectivity index (χ4v) is 2.64. The van der Waals surface area contributed by atoms with Gasteiger partial charge >= 0.3 is 5.97 Å². The molecule has 0 atom stereocenters. The van der Waals surface area contributed by atoms with Crippen molar-refractivity contribution >= 4 is 29.3 Å². The number of rotatable bonds is 6. The maximum absolute atomic E-state index is 12.4. The number of nitriles is 1. The van der Waals surface area contributed by atoms with Crippen LogP contribution in [0, 0.1) is 21.4 Å². The predicted octanol–water partition coefficient (Wildman–Crippen LogP) is 4.10. The van der Waals surface area contributed by atoms with Crippen molar-refractivity contribution in [3.63, 3.8) is 0 Å². The number of amides is 1. The molecule has 148 valence electrons. The van der Waals surface area contributed by atoms with Gasteiger partial charge in [-0.15, -0.1) is 0 Å². The molecule has 3 rings (SSSR count). The van der Waals surface area contributed by atoms with E-state index in [1.54, 1.807) is 12.1 Å². The number of carbonyl (C=O) groups is 2. The molecule has 30 heavy (non-hydrogen) atoms. The summed E-state index contributed by atoms with van der Waals surface area (Å²) in [5, 5.41) is 31.9. The first-order valence-corrected chi connectivity index (χ1v) is 8.49. The number of carbonyl (C=O) groups excluding carboxylic acids is 1. The molecule has 1 heterocycles.